The van der Waals surface area contributed by atoms with Gasteiger partial charge in [-0.05, 0) is 32.9 Å². The van der Waals surface area contributed by atoms with E-state index in [1.807, 2.05) is 13.8 Å². The second kappa shape index (κ2) is 7.52. The van der Waals surface area contributed by atoms with Crippen LogP contribution >= 0.6 is 0 Å². The Hall–Kier alpha value is -1.99. The number of ether oxygens (including phenoxy) is 3. The third kappa shape index (κ3) is 3.86. The Morgan fingerprint density at radius 2 is 2.04 bits per heavy atom. The van der Waals surface area contributed by atoms with Crippen LogP contribution in [0.25, 0.3) is 0 Å². The first-order valence-electron chi connectivity index (χ1n) is 7.76. The van der Waals surface area contributed by atoms with Gasteiger partial charge in [-0.1, -0.05) is 0 Å². The predicted molar refractivity (Wildman–Crippen MR) is 85.6 cm³/mol. The zero-order chi connectivity index (χ0) is 17.0. The number of rotatable bonds is 7. The number of phenolic OH excluding ortho intramolecular Hbond substituents is 1. The van der Waals surface area contributed by atoms with Gasteiger partial charge in [-0.2, -0.15) is 0 Å². The number of fused-ring (bicyclic) bond motifs is 1. The van der Waals surface area contributed by atoms with Crippen molar-refractivity contribution in [1.29, 1.82) is 0 Å². The summed E-state index contributed by atoms with van der Waals surface area (Å²) in [4.78, 5) is 13.7. The van der Waals surface area contributed by atoms with Crippen LogP contribution in [0.2, 0.25) is 0 Å². The third-order valence-electron chi connectivity index (χ3n) is 3.69. The van der Waals surface area contributed by atoms with E-state index < -0.39 is 24.3 Å². The summed E-state index contributed by atoms with van der Waals surface area (Å²) < 4.78 is 16.9. The molecule has 1 heterocycles. The fourth-order valence-electron chi connectivity index (χ4n) is 2.78. The number of nitrogens with zero attached hydrogens (tertiary/aromatic N) is 1. The van der Waals surface area contributed by atoms with Gasteiger partial charge < -0.3 is 30.0 Å². The van der Waals surface area contributed by atoms with Crippen LogP contribution in [0.5, 0.6) is 11.5 Å². The van der Waals surface area contributed by atoms with Crippen molar-refractivity contribution in [3.05, 3.63) is 18.2 Å². The second-order valence-electron chi connectivity index (χ2n) is 5.31. The van der Waals surface area contributed by atoms with Crippen LogP contribution in [0.3, 0.4) is 0 Å². The number of phenols is 1. The molecule has 0 bridgehead atoms. The average Bonchev–Trinajstić information content (AvgIpc) is 2.48. The summed E-state index contributed by atoms with van der Waals surface area (Å²) >= 11 is 0. The highest BCUT2D eigenvalue weighted by molar-refractivity contribution is 5.86. The van der Waals surface area contributed by atoms with Crippen LogP contribution in [0, 0.1) is 0 Å². The number of primary amides is 1. The molecule has 7 nitrogen and oxygen atoms in total. The molecule has 1 aliphatic heterocycles. The molecule has 23 heavy (non-hydrogen) atoms. The maximum atomic E-state index is 11.9. The van der Waals surface area contributed by atoms with Crippen LogP contribution in [0.1, 0.15) is 20.8 Å². The number of aromatic hydroxyl groups is 1. The number of hydrogen-bond donors (Lipinski definition) is 2. The summed E-state index contributed by atoms with van der Waals surface area (Å²) in [5.41, 5.74) is 6.16. The summed E-state index contributed by atoms with van der Waals surface area (Å²) in [6.07, 6.45) is -0.930. The topological polar surface area (TPSA) is 94.3 Å². The van der Waals surface area contributed by atoms with E-state index in [-0.39, 0.29) is 5.75 Å². The van der Waals surface area contributed by atoms with Crippen molar-refractivity contribution in [2.75, 3.05) is 24.7 Å². The molecule has 1 aromatic rings. The van der Waals surface area contributed by atoms with Gasteiger partial charge in [0.05, 0.1) is 12.2 Å². The van der Waals surface area contributed by atoms with E-state index in [0.29, 0.717) is 31.2 Å². The average molecular weight is 324 g/mol. The van der Waals surface area contributed by atoms with E-state index in [2.05, 4.69) is 0 Å². The van der Waals surface area contributed by atoms with Gasteiger partial charge in [0.15, 0.2) is 6.29 Å². The Bertz CT molecular complexity index is 545. The van der Waals surface area contributed by atoms with Crippen LogP contribution in [-0.4, -0.2) is 49.2 Å². The van der Waals surface area contributed by atoms with Crippen molar-refractivity contribution in [1.82, 2.24) is 0 Å². The van der Waals surface area contributed by atoms with Crippen LogP contribution in [0.15, 0.2) is 18.2 Å². The smallest absolute Gasteiger partial charge is 0.243 e. The Balaban J connectivity index is 2.37. The molecule has 0 aromatic heterocycles. The van der Waals surface area contributed by atoms with Gasteiger partial charge >= 0.3 is 0 Å². The molecular formula is C16H24N2O5. The van der Waals surface area contributed by atoms with Crippen molar-refractivity contribution in [2.24, 2.45) is 5.73 Å². The predicted octanol–water partition coefficient (Wildman–Crippen LogP) is 1.23. The number of hydrogen-bond acceptors (Lipinski definition) is 6. The van der Waals surface area contributed by atoms with Gasteiger partial charge in [-0.3, -0.25) is 4.79 Å². The molecule has 128 valence electrons. The number of carbonyl (C=O) groups excluding carboxylic acids is 1. The maximum absolute atomic E-state index is 11.9. The Morgan fingerprint density at radius 1 is 1.39 bits per heavy atom. The Morgan fingerprint density at radius 3 is 2.61 bits per heavy atom. The van der Waals surface area contributed by atoms with Crippen LogP contribution in [-0.2, 0) is 14.3 Å². The van der Waals surface area contributed by atoms with Crippen molar-refractivity contribution in [2.45, 2.75) is 39.2 Å². The minimum absolute atomic E-state index is 0.0829. The lowest BCUT2D eigenvalue weighted by atomic mass is 10.0. The van der Waals surface area contributed by atoms with Crippen LogP contribution < -0.4 is 15.4 Å². The first-order chi connectivity index (χ1) is 11.0. The molecule has 0 saturated carbocycles. The zero-order valence-electron chi connectivity index (χ0n) is 13.7. The van der Waals surface area contributed by atoms with Gasteiger partial charge in [0.25, 0.3) is 0 Å². The van der Waals surface area contributed by atoms with Gasteiger partial charge in [-0.25, -0.2) is 0 Å². The van der Waals surface area contributed by atoms with E-state index >= 15 is 0 Å². The Kier molecular flexibility index (Phi) is 5.68. The molecule has 0 saturated heterocycles. The molecule has 7 heteroatoms. The molecule has 0 aliphatic carbocycles. The van der Waals surface area contributed by atoms with Crippen molar-refractivity contribution >= 4 is 11.6 Å². The van der Waals surface area contributed by atoms with Gasteiger partial charge in [0, 0.05) is 19.3 Å². The quantitative estimate of drug-likeness (QED) is 0.733. The number of carbonyl (C=O) groups is 1. The molecule has 1 aromatic carbocycles. The summed E-state index contributed by atoms with van der Waals surface area (Å²) in [5, 5.41) is 9.78. The second-order valence-corrected chi connectivity index (χ2v) is 5.31. The van der Waals surface area contributed by atoms with Gasteiger partial charge in [-0.15, -0.1) is 0 Å². The molecule has 3 N–H and O–H groups in total. The third-order valence-corrected chi connectivity index (χ3v) is 3.69. The number of amides is 1. The fraction of sp³-hybridized carbons (Fsp3) is 0.562. The van der Waals surface area contributed by atoms with Gasteiger partial charge in [0.1, 0.15) is 23.6 Å². The first-order valence-corrected chi connectivity index (χ1v) is 7.76. The summed E-state index contributed by atoms with van der Waals surface area (Å²) in [5.74, 6) is 0.164. The first kappa shape index (κ1) is 17.4. The van der Waals surface area contributed by atoms with E-state index in [1.54, 1.807) is 24.0 Å². The molecule has 2 unspecified atom stereocenters. The molecular weight excluding hydrogens is 300 g/mol. The van der Waals surface area contributed by atoms with E-state index in [9.17, 15) is 9.90 Å². The molecule has 1 amide bonds. The fourth-order valence-corrected chi connectivity index (χ4v) is 2.78. The maximum Gasteiger partial charge on any atom is 0.243 e. The lowest BCUT2D eigenvalue weighted by Gasteiger charge is -2.41. The molecule has 2 atom stereocenters. The standard InChI is InChI=1S/C16H24N2O5/c1-4-21-14(22-5-2)9-18-12-8-11(19)6-7-13(12)23-10(3)15(18)16(17)20/h6-8,10,14-15,19H,4-5,9H2,1-3H3,(H2,17,20). The van der Waals surface area contributed by atoms with Crippen LogP contribution in [0.4, 0.5) is 5.69 Å². The van der Waals surface area contributed by atoms with Crippen molar-refractivity contribution in [3.8, 4) is 11.5 Å². The Labute approximate surface area is 135 Å². The minimum atomic E-state index is -0.673. The highest BCUT2D eigenvalue weighted by atomic mass is 16.7. The number of benzene rings is 1. The molecule has 0 radical (unpaired) electrons. The molecule has 1 aliphatic rings. The van der Waals surface area contributed by atoms with E-state index in [4.69, 9.17) is 19.9 Å². The monoisotopic (exact) mass is 324 g/mol. The number of nitrogens with two attached hydrogens (primary N) is 1. The SMILES string of the molecule is CCOC(CN1c2cc(O)ccc2OC(C)C1C(N)=O)OCC. The lowest BCUT2D eigenvalue weighted by Crippen LogP contribution is -2.57. The van der Waals surface area contributed by atoms with E-state index in [0.717, 1.165) is 0 Å². The largest absolute Gasteiger partial charge is 0.508 e. The highest BCUT2D eigenvalue weighted by Gasteiger charge is 2.38. The van der Waals surface area contributed by atoms with Gasteiger partial charge in [0.2, 0.25) is 5.91 Å². The van der Waals surface area contributed by atoms with Crippen molar-refractivity contribution < 1.29 is 24.1 Å². The molecule has 2 rings (SSSR count). The minimum Gasteiger partial charge on any atom is -0.508 e. The molecule has 0 fully saturated rings. The van der Waals surface area contributed by atoms with Crippen molar-refractivity contribution in [3.63, 3.8) is 0 Å². The normalized spacial score (nSPS) is 20.3. The highest BCUT2D eigenvalue weighted by Crippen LogP contribution is 2.38. The summed E-state index contributed by atoms with van der Waals surface area (Å²) in [6, 6.07) is 4.08. The van der Waals surface area contributed by atoms with E-state index in [1.165, 1.54) is 6.07 Å². The lowest BCUT2D eigenvalue weighted by molar-refractivity contribution is -0.133. The number of anilines is 1. The molecule has 0 spiro atoms. The zero-order valence-corrected chi connectivity index (χ0v) is 13.7. The summed E-state index contributed by atoms with van der Waals surface area (Å²) in [6.45, 7) is 6.81. The summed E-state index contributed by atoms with van der Waals surface area (Å²) in [7, 11) is 0.